The fraction of sp³-hybridized carbons (Fsp3) is 0.800. The van der Waals surface area contributed by atoms with Gasteiger partial charge in [-0.15, -0.1) is 0 Å². The molecule has 2 amide bonds. The largest absolute Gasteiger partial charge is 0.480 e. The summed E-state index contributed by atoms with van der Waals surface area (Å²) in [7, 11) is -0.921. The first-order valence-corrected chi connectivity index (χ1v) is 7.09. The quantitative estimate of drug-likeness (QED) is 0.658. The van der Waals surface area contributed by atoms with Crippen molar-refractivity contribution in [1.29, 1.82) is 0 Å². The van der Waals surface area contributed by atoms with Crippen molar-refractivity contribution >= 4 is 22.8 Å². The van der Waals surface area contributed by atoms with E-state index in [1.54, 1.807) is 0 Å². The topological polar surface area (TPSA) is 86.7 Å². The molecule has 0 spiro atoms. The van der Waals surface area contributed by atoms with Crippen molar-refractivity contribution in [2.75, 3.05) is 31.1 Å². The number of hydrogen-bond donors (Lipinski definition) is 2. The Morgan fingerprint density at radius 1 is 1.35 bits per heavy atom. The molecule has 0 aromatic rings. The Hall–Kier alpha value is -1.11. The summed E-state index contributed by atoms with van der Waals surface area (Å²) in [6.07, 6.45) is 0.696. The smallest absolute Gasteiger partial charge is 0.323 e. The van der Waals surface area contributed by atoms with E-state index >= 15 is 0 Å². The van der Waals surface area contributed by atoms with Gasteiger partial charge in [0.25, 0.3) is 0 Å². The fourth-order valence-electron chi connectivity index (χ4n) is 1.21. The predicted octanol–water partition coefficient (Wildman–Crippen LogP) is 0.261. The highest BCUT2D eigenvalue weighted by Gasteiger charge is 2.15. The lowest BCUT2D eigenvalue weighted by atomic mass is 10.4. The standard InChI is InChI=1S/C10H20N2O4S/c1-3-6-12(8-9(13)14)10(15)11-5-7-17(16)4-2/h3-8H2,1-2H3,(H,11,15)(H,13,14). The maximum absolute atomic E-state index is 11.6. The van der Waals surface area contributed by atoms with Gasteiger partial charge in [-0.05, 0) is 6.42 Å². The van der Waals surface area contributed by atoms with E-state index in [9.17, 15) is 13.8 Å². The van der Waals surface area contributed by atoms with Crippen LogP contribution in [0.3, 0.4) is 0 Å². The molecule has 7 heteroatoms. The van der Waals surface area contributed by atoms with E-state index < -0.39 is 22.8 Å². The zero-order valence-corrected chi connectivity index (χ0v) is 11.1. The van der Waals surface area contributed by atoms with Gasteiger partial charge in [0, 0.05) is 35.4 Å². The molecule has 0 aliphatic carbocycles. The van der Waals surface area contributed by atoms with Gasteiger partial charge < -0.3 is 15.3 Å². The van der Waals surface area contributed by atoms with Gasteiger partial charge in [-0.3, -0.25) is 9.00 Å². The number of carboxylic acid groups (broad SMARTS) is 1. The number of carbonyl (C=O) groups is 2. The van der Waals surface area contributed by atoms with Crippen LogP contribution in [0.1, 0.15) is 20.3 Å². The summed E-state index contributed by atoms with van der Waals surface area (Å²) in [5, 5.41) is 11.2. The van der Waals surface area contributed by atoms with Crippen LogP contribution in [0, 0.1) is 0 Å². The lowest BCUT2D eigenvalue weighted by Gasteiger charge is -2.20. The van der Waals surface area contributed by atoms with E-state index in [1.807, 2.05) is 13.8 Å². The van der Waals surface area contributed by atoms with Crippen LogP contribution in [0.4, 0.5) is 4.79 Å². The van der Waals surface area contributed by atoms with Crippen molar-refractivity contribution in [2.24, 2.45) is 0 Å². The molecule has 17 heavy (non-hydrogen) atoms. The molecule has 0 radical (unpaired) electrons. The van der Waals surface area contributed by atoms with Crippen molar-refractivity contribution in [3.63, 3.8) is 0 Å². The second kappa shape index (κ2) is 8.98. The Balaban J connectivity index is 4.05. The molecule has 1 atom stereocenters. The highest BCUT2D eigenvalue weighted by atomic mass is 32.2. The molecule has 0 rings (SSSR count). The van der Waals surface area contributed by atoms with Crippen LogP contribution in [-0.4, -0.2) is 57.4 Å². The lowest BCUT2D eigenvalue weighted by molar-refractivity contribution is -0.137. The zero-order chi connectivity index (χ0) is 13.3. The van der Waals surface area contributed by atoms with E-state index in [0.717, 1.165) is 0 Å². The molecule has 0 heterocycles. The maximum atomic E-state index is 11.6. The van der Waals surface area contributed by atoms with E-state index in [2.05, 4.69) is 5.32 Å². The Morgan fingerprint density at radius 2 is 2.00 bits per heavy atom. The minimum atomic E-state index is -1.04. The van der Waals surface area contributed by atoms with Crippen molar-refractivity contribution < 1.29 is 18.9 Å². The van der Waals surface area contributed by atoms with Crippen LogP contribution >= 0.6 is 0 Å². The third kappa shape index (κ3) is 7.73. The molecular weight excluding hydrogens is 244 g/mol. The zero-order valence-electron chi connectivity index (χ0n) is 10.3. The number of carbonyl (C=O) groups excluding carboxylic acids is 1. The SMILES string of the molecule is CCCN(CC(=O)O)C(=O)NCCS(=O)CC. The number of rotatable bonds is 8. The molecule has 1 unspecified atom stereocenters. The molecule has 0 aliphatic heterocycles. The molecular formula is C10H20N2O4S. The van der Waals surface area contributed by atoms with Crippen LogP contribution in [0.15, 0.2) is 0 Å². The summed E-state index contributed by atoms with van der Waals surface area (Å²) >= 11 is 0. The number of amides is 2. The highest BCUT2D eigenvalue weighted by Crippen LogP contribution is 1.92. The summed E-state index contributed by atoms with van der Waals surface area (Å²) in [6, 6.07) is -0.414. The minimum Gasteiger partial charge on any atom is -0.480 e. The van der Waals surface area contributed by atoms with Crippen LogP contribution in [0.5, 0.6) is 0 Å². The number of nitrogens with one attached hydrogen (secondary N) is 1. The predicted molar refractivity (Wildman–Crippen MR) is 66.4 cm³/mol. The van der Waals surface area contributed by atoms with Crippen molar-refractivity contribution in [1.82, 2.24) is 10.2 Å². The summed E-state index contributed by atoms with van der Waals surface area (Å²) in [6.45, 7) is 4.07. The van der Waals surface area contributed by atoms with Crippen molar-refractivity contribution in [2.45, 2.75) is 20.3 Å². The van der Waals surface area contributed by atoms with E-state index in [4.69, 9.17) is 5.11 Å². The number of aliphatic carboxylic acids is 1. The molecule has 0 aromatic heterocycles. The summed E-state index contributed by atoms with van der Waals surface area (Å²) in [5.74, 6) is -0.0791. The molecule has 0 saturated heterocycles. The number of carboxylic acids is 1. The molecule has 0 fully saturated rings. The monoisotopic (exact) mass is 264 g/mol. The van der Waals surface area contributed by atoms with Crippen LogP contribution in [0.25, 0.3) is 0 Å². The average Bonchev–Trinajstić information content (AvgIpc) is 2.27. The van der Waals surface area contributed by atoms with Gasteiger partial charge in [-0.2, -0.15) is 0 Å². The molecule has 0 bridgehead atoms. The van der Waals surface area contributed by atoms with Crippen molar-refractivity contribution in [3.05, 3.63) is 0 Å². The summed E-state index contributed by atoms with van der Waals surface area (Å²) < 4.78 is 11.1. The Bertz CT molecular complexity index is 283. The van der Waals surface area contributed by atoms with E-state index in [0.29, 0.717) is 31.0 Å². The Morgan fingerprint density at radius 3 is 2.47 bits per heavy atom. The first kappa shape index (κ1) is 15.9. The maximum Gasteiger partial charge on any atom is 0.323 e. The fourth-order valence-corrected chi connectivity index (χ4v) is 1.83. The van der Waals surface area contributed by atoms with Gasteiger partial charge in [-0.25, -0.2) is 4.79 Å². The highest BCUT2D eigenvalue weighted by molar-refractivity contribution is 7.84. The third-order valence-corrected chi connectivity index (χ3v) is 3.34. The van der Waals surface area contributed by atoms with Gasteiger partial charge >= 0.3 is 12.0 Å². The minimum absolute atomic E-state index is 0.305. The van der Waals surface area contributed by atoms with Gasteiger partial charge in [0.15, 0.2) is 0 Å². The summed E-state index contributed by atoms with van der Waals surface area (Å²) in [4.78, 5) is 23.4. The molecule has 100 valence electrons. The number of nitrogens with zero attached hydrogens (tertiary/aromatic N) is 1. The normalized spacial score (nSPS) is 11.9. The van der Waals surface area contributed by atoms with Gasteiger partial charge in [0.1, 0.15) is 6.54 Å². The first-order chi connectivity index (χ1) is 8.01. The second-order valence-electron chi connectivity index (χ2n) is 3.48. The Labute approximate surface area is 104 Å². The van der Waals surface area contributed by atoms with Gasteiger partial charge in [-0.1, -0.05) is 13.8 Å². The number of hydrogen-bond acceptors (Lipinski definition) is 3. The van der Waals surface area contributed by atoms with Gasteiger partial charge in [0.2, 0.25) is 0 Å². The van der Waals surface area contributed by atoms with E-state index in [1.165, 1.54) is 4.90 Å². The van der Waals surface area contributed by atoms with Gasteiger partial charge in [0.05, 0.1) is 0 Å². The molecule has 0 saturated carbocycles. The first-order valence-electron chi connectivity index (χ1n) is 5.60. The van der Waals surface area contributed by atoms with Crippen molar-refractivity contribution in [3.8, 4) is 0 Å². The lowest BCUT2D eigenvalue weighted by Crippen LogP contribution is -2.44. The van der Waals surface area contributed by atoms with Crippen LogP contribution in [0.2, 0.25) is 0 Å². The third-order valence-electron chi connectivity index (χ3n) is 2.03. The molecule has 6 nitrogen and oxygen atoms in total. The van der Waals surface area contributed by atoms with Crippen LogP contribution in [-0.2, 0) is 15.6 Å². The number of urea groups is 1. The van der Waals surface area contributed by atoms with E-state index in [-0.39, 0.29) is 6.54 Å². The second-order valence-corrected chi connectivity index (χ2v) is 5.35. The van der Waals surface area contributed by atoms with Crippen LogP contribution < -0.4 is 5.32 Å². The molecule has 0 aromatic carbocycles. The molecule has 0 aliphatic rings. The average molecular weight is 264 g/mol. The Kier molecular flexibility index (Phi) is 8.39. The summed E-state index contributed by atoms with van der Waals surface area (Å²) in [5.41, 5.74) is 0. The molecule has 2 N–H and O–H groups in total.